The summed E-state index contributed by atoms with van der Waals surface area (Å²) in [5.41, 5.74) is 4.26. The van der Waals surface area contributed by atoms with Gasteiger partial charge in [0.2, 0.25) is 0 Å². The zero-order chi connectivity index (χ0) is 22.8. The molecular weight excluding hydrogens is 413 g/mol. The third-order valence-electron chi connectivity index (χ3n) is 5.29. The number of hydrogen-bond donors (Lipinski definition) is 2. The highest BCUT2D eigenvalue weighted by molar-refractivity contribution is 5.98. The SMILES string of the molecule is CN1C=CC(CNC(=O)c2ccc3c(c2)c(=O)n(Cc2ccc(F)cc2)c(=O)n3C)=CN1. The Morgan fingerprint density at radius 3 is 2.53 bits per heavy atom. The molecule has 164 valence electrons. The van der Waals surface area contributed by atoms with Crippen LogP contribution in [-0.2, 0) is 13.6 Å². The van der Waals surface area contributed by atoms with E-state index >= 15 is 0 Å². The number of nitrogens with one attached hydrogen (secondary N) is 2. The molecule has 2 heterocycles. The number of fused-ring (bicyclic) bond motifs is 1. The Hall–Kier alpha value is -4.14. The van der Waals surface area contributed by atoms with Crippen LogP contribution < -0.4 is 22.0 Å². The zero-order valence-corrected chi connectivity index (χ0v) is 17.6. The molecule has 0 radical (unpaired) electrons. The smallest absolute Gasteiger partial charge is 0.331 e. The van der Waals surface area contributed by atoms with Crippen LogP contribution in [0.4, 0.5) is 4.39 Å². The molecule has 2 N–H and O–H groups in total. The van der Waals surface area contributed by atoms with Crippen molar-refractivity contribution in [2.45, 2.75) is 6.54 Å². The van der Waals surface area contributed by atoms with Crippen molar-refractivity contribution in [1.29, 1.82) is 0 Å². The third-order valence-corrected chi connectivity index (χ3v) is 5.29. The molecule has 1 aliphatic heterocycles. The van der Waals surface area contributed by atoms with Crippen LogP contribution in [-0.4, -0.2) is 33.6 Å². The van der Waals surface area contributed by atoms with E-state index in [0.717, 1.165) is 10.1 Å². The molecule has 1 amide bonds. The number of hydrazine groups is 1. The van der Waals surface area contributed by atoms with Crippen LogP contribution in [0.15, 0.2) is 76.1 Å². The first kappa shape index (κ1) is 21.1. The van der Waals surface area contributed by atoms with Crippen LogP contribution in [0.5, 0.6) is 0 Å². The molecule has 3 aromatic rings. The third kappa shape index (κ3) is 4.18. The predicted octanol–water partition coefficient (Wildman–Crippen LogP) is 1.46. The van der Waals surface area contributed by atoms with E-state index in [1.807, 2.05) is 19.3 Å². The number of nitrogens with zero attached hydrogens (tertiary/aromatic N) is 3. The van der Waals surface area contributed by atoms with Crippen LogP contribution >= 0.6 is 0 Å². The summed E-state index contributed by atoms with van der Waals surface area (Å²) in [7, 11) is 3.42. The number of aromatic nitrogens is 2. The quantitative estimate of drug-likeness (QED) is 0.634. The van der Waals surface area contributed by atoms with Gasteiger partial charge in [-0.15, -0.1) is 0 Å². The molecule has 0 unspecified atom stereocenters. The highest BCUT2D eigenvalue weighted by Gasteiger charge is 2.15. The minimum Gasteiger partial charge on any atom is -0.348 e. The van der Waals surface area contributed by atoms with Crippen molar-refractivity contribution in [2.24, 2.45) is 7.05 Å². The van der Waals surface area contributed by atoms with Gasteiger partial charge in [0.05, 0.1) is 17.4 Å². The number of carbonyl (C=O) groups excluding carboxylic acids is 1. The average Bonchev–Trinajstić information content (AvgIpc) is 2.80. The van der Waals surface area contributed by atoms with Gasteiger partial charge < -0.3 is 10.7 Å². The number of carbonyl (C=O) groups is 1. The topological polar surface area (TPSA) is 88.4 Å². The number of rotatable bonds is 5. The second-order valence-electron chi connectivity index (χ2n) is 7.55. The summed E-state index contributed by atoms with van der Waals surface area (Å²) in [6, 6.07) is 10.3. The molecular formula is C23H22FN5O3. The molecule has 1 aliphatic rings. The fourth-order valence-electron chi connectivity index (χ4n) is 3.45. The van der Waals surface area contributed by atoms with Crippen molar-refractivity contribution in [3.63, 3.8) is 0 Å². The molecule has 0 atom stereocenters. The van der Waals surface area contributed by atoms with Gasteiger partial charge in [0.25, 0.3) is 11.5 Å². The zero-order valence-electron chi connectivity index (χ0n) is 17.6. The number of aryl methyl sites for hydroxylation is 1. The first-order valence-electron chi connectivity index (χ1n) is 9.96. The maximum absolute atomic E-state index is 13.2. The highest BCUT2D eigenvalue weighted by atomic mass is 19.1. The van der Waals surface area contributed by atoms with E-state index in [1.165, 1.54) is 34.9 Å². The Morgan fingerprint density at radius 1 is 1.09 bits per heavy atom. The molecule has 4 rings (SSSR count). The second kappa shape index (κ2) is 8.54. The Bertz CT molecular complexity index is 1370. The van der Waals surface area contributed by atoms with Gasteiger partial charge in [-0.25, -0.2) is 9.18 Å². The maximum atomic E-state index is 13.2. The average molecular weight is 435 g/mol. The van der Waals surface area contributed by atoms with Crippen molar-refractivity contribution in [3.8, 4) is 0 Å². The second-order valence-corrected chi connectivity index (χ2v) is 7.55. The van der Waals surface area contributed by atoms with E-state index in [4.69, 9.17) is 0 Å². The molecule has 9 heteroatoms. The van der Waals surface area contributed by atoms with Crippen molar-refractivity contribution in [2.75, 3.05) is 13.6 Å². The fraction of sp³-hybridized carbons (Fsp3) is 0.174. The lowest BCUT2D eigenvalue weighted by Gasteiger charge is -2.19. The first-order chi connectivity index (χ1) is 15.3. The molecule has 0 aliphatic carbocycles. The van der Waals surface area contributed by atoms with E-state index in [1.54, 1.807) is 30.4 Å². The normalized spacial score (nSPS) is 13.1. The summed E-state index contributed by atoms with van der Waals surface area (Å²) in [5, 5.41) is 4.85. The largest absolute Gasteiger partial charge is 0.348 e. The number of halogens is 1. The molecule has 0 saturated heterocycles. The van der Waals surface area contributed by atoms with E-state index in [2.05, 4.69) is 10.7 Å². The fourth-order valence-corrected chi connectivity index (χ4v) is 3.45. The van der Waals surface area contributed by atoms with Crippen molar-refractivity contribution < 1.29 is 9.18 Å². The maximum Gasteiger partial charge on any atom is 0.331 e. The summed E-state index contributed by atoms with van der Waals surface area (Å²) >= 11 is 0. The summed E-state index contributed by atoms with van der Waals surface area (Å²) in [4.78, 5) is 38.5. The summed E-state index contributed by atoms with van der Waals surface area (Å²) in [5.74, 6) is -0.732. The Morgan fingerprint density at radius 2 is 1.84 bits per heavy atom. The summed E-state index contributed by atoms with van der Waals surface area (Å²) in [6.07, 6.45) is 5.49. The lowest BCUT2D eigenvalue weighted by Crippen LogP contribution is -2.39. The van der Waals surface area contributed by atoms with Crippen molar-refractivity contribution in [3.05, 3.63) is 104 Å². The van der Waals surface area contributed by atoms with E-state index in [0.29, 0.717) is 23.2 Å². The molecule has 0 fully saturated rings. The Kier molecular flexibility index (Phi) is 5.63. The van der Waals surface area contributed by atoms with Crippen molar-refractivity contribution in [1.82, 2.24) is 24.9 Å². The Balaban J connectivity index is 1.64. The van der Waals surface area contributed by atoms with Gasteiger partial charge in [-0.3, -0.25) is 23.7 Å². The van der Waals surface area contributed by atoms with E-state index < -0.39 is 17.1 Å². The predicted molar refractivity (Wildman–Crippen MR) is 119 cm³/mol. The minimum absolute atomic E-state index is 0.0000858. The van der Waals surface area contributed by atoms with E-state index in [9.17, 15) is 18.8 Å². The minimum atomic E-state index is -0.507. The lowest BCUT2D eigenvalue weighted by atomic mass is 10.1. The van der Waals surface area contributed by atoms with Gasteiger partial charge in [-0.2, -0.15) is 0 Å². The molecule has 2 aromatic carbocycles. The molecule has 1 aromatic heterocycles. The van der Waals surface area contributed by atoms with Gasteiger partial charge in [0.1, 0.15) is 5.82 Å². The van der Waals surface area contributed by atoms with Gasteiger partial charge in [-0.1, -0.05) is 12.1 Å². The van der Waals surface area contributed by atoms with E-state index in [-0.39, 0.29) is 17.8 Å². The van der Waals surface area contributed by atoms with Crippen LogP contribution in [0.3, 0.4) is 0 Å². The van der Waals surface area contributed by atoms with Crippen LogP contribution in [0.1, 0.15) is 15.9 Å². The standard InChI is InChI=1S/C23H22FN5O3/c1-27-10-9-16(13-26-27)12-25-21(30)17-5-8-20-19(11-17)22(31)29(23(32)28(20)2)14-15-3-6-18(24)7-4-15/h3-11,13,26H,12,14H2,1-2H3,(H,25,30). The molecule has 32 heavy (non-hydrogen) atoms. The summed E-state index contributed by atoms with van der Waals surface area (Å²) < 4.78 is 15.6. The monoisotopic (exact) mass is 435 g/mol. The van der Waals surface area contributed by atoms with Gasteiger partial charge >= 0.3 is 5.69 Å². The van der Waals surface area contributed by atoms with Crippen LogP contribution in [0.25, 0.3) is 10.9 Å². The molecule has 8 nitrogen and oxygen atoms in total. The number of hydrogen-bond acceptors (Lipinski definition) is 5. The van der Waals surface area contributed by atoms with Gasteiger partial charge in [0, 0.05) is 38.6 Å². The lowest BCUT2D eigenvalue weighted by molar-refractivity contribution is 0.0957. The highest BCUT2D eigenvalue weighted by Crippen LogP contribution is 2.12. The molecule has 0 saturated carbocycles. The van der Waals surface area contributed by atoms with Crippen LogP contribution in [0.2, 0.25) is 0 Å². The van der Waals surface area contributed by atoms with Crippen molar-refractivity contribution >= 4 is 16.8 Å². The van der Waals surface area contributed by atoms with Crippen LogP contribution in [0, 0.1) is 5.82 Å². The first-order valence-corrected chi connectivity index (χ1v) is 9.96. The van der Waals surface area contributed by atoms with Gasteiger partial charge in [0.15, 0.2) is 0 Å². The molecule has 0 spiro atoms. The number of benzene rings is 2. The number of amides is 1. The molecule has 0 bridgehead atoms. The summed E-state index contributed by atoms with van der Waals surface area (Å²) in [6.45, 7) is 0.316. The Labute approximate surface area is 182 Å². The van der Waals surface area contributed by atoms with Gasteiger partial charge in [-0.05, 0) is 47.5 Å².